The molecule has 0 unspecified atom stereocenters. The molecule has 0 aromatic carbocycles. The maximum atomic E-state index is 11.7. The van der Waals surface area contributed by atoms with E-state index in [2.05, 4.69) is 27.7 Å². The molecule has 6 fully saturated rings. The average Bonchev–Trinajstić information content (AvgIpc) is 3.41. The molecule has 5 nitrogen and oxygen atoms in total. The summed E-state index contributed by atoms with van der Waals surface area (Å²) >= 11 is 0. The van der Waals surface area contributed by atoms with Gasteiger partial charge in [0, 0.05) is 19.4 Å². The van der Waals surface area contributed by atoms with Crippen LogP contribution < -0.4 is 0 Å². The van der Waals surface area contributed by atoms with E-state index in [-0.39, 0.29) is 35.6 Å². The van der Waals surface area contributed by atoms with Gasteiger partial charge in [-0.15, -0.1) is 0 Å². The summed E-state index contributed by atoms with van der Waals surface area (Å²) in [6.07, 6.45) is 10.5. The molecular weight excluding hydrogens is 428 g/mol. The Balaban J connectivity index is 1.21. The van der Waals surface area contributed by atoms with E-state index in [1.807, 2.05) is 0 Å². The van der Waals surface area contributed by atoms with Crippen molar-refractivity contribution in [2.75, 3.05) is 6.61 Å². The van der Waals surface area contributed by atoms with Gasteiger partial charge >= 0.3 is 5.97 Å². The number of ether oxygens (including phenoxy) is 3. The minimum absolute atomic E-state index is 0.116. The summed E-state index contributed by atoms with van der Waals surface area (Å²) in [5.74, 6) is 2.70. The molecule has 2 heterocycles. The van der Waals surface area contributed by atoms with E-state index in [1.54, 1.807) is 6.92 Å². The van der Waals surface area contributed by atoms with Gasteiger partial charge in [-0.2, -0.15) is 0 Å². The van der Waals surface area contributed by atoms with E-state index in [4.69, 9.17) is 14.2 Å². The molecule has 34 heavy (non-hydrogen) atoms. The van der Waals surface area contributed by atoms with E-state index in [0.29, 0.717) is 29.1 Å². The number of aliphatic hydroxyl groups is 1. The number of esters is 1. The second-order valence-corrected chi connectivity index (χ2v) is 13.8. The number of hydrogen-bond donors (Lipinski definition) is 1. The van der Waals surface area contributed by atoms with Crippen LogP contribution in [0.2, 0.25) is 0 Å². The second-order valence-electron chi connectivity index (χ2n) is 13.8. The monoisotopic (exact) mass is 474 g/mol. The fraction of sp³-hybridized carbons (Fsp3) is 0.966. The molecule has 4 aliphatic carbocycles. The highest BCUT2D eigenvalue weighted by molar-refractivity contribution is 5.66. The fourth-order valence-corrected chi connectivity index (χ4v) is 10.6. The molecule has 0 radical (unpaired) electrons. The lowest BCUT2D eigenvalue weighted by atomic mass is 9.44. The van der Waals surface area contributed by atoms with E-state index in [9.17, 15) is 9.90 Å². The molecule has 6 aliphatic rings. The lowest BCUT2D eigenvalue weighted by Crippen LogP contribution is -2.55. The highest BCUT2D eigenvalue weighted by Gasteiger charge is 2.70. The molecule has 1 N–H and O–H groups in total. The topological polar surface area (TPSA) is 65.0 Å². The number of carbonyl (C=O) groups excluding carboxylic acids is 1. The van der Waals surface area contributed by atoms with Gasteiger partial charge in [-0.05, 0) is 104 Å². The molecule has 0 spiro atoms. The Kier molecular flexibility index (Phi) is 5.53. The van der Waals surface area contributed by atoms with Gasteiger partial charge in [-0.1, -0.05) is 27.7 Å². The fourth-order valence-electron chi connectivity index (χ4n) is 10.6. The summed E-state index contributed by atoms with van der Waals surface area (Å²) in [6, 6.07) is 0. The first-order valence-electron chi connectivity index (χ1n) is 14.2. The van der Waals surface area contributed by atoms with Crippen LogP contribution in [0, 0.1) is 52.3 Å². The Labute approximate surface area is 205 Å². The zero-order valence-electron chi connectivity index (χ0n) is 21.9. The van der Waals surface area contributed by atoms with Gasteiger partial charge in [0.25, 0.3) is 0 Å². The Morgan fingerprint density at radius 3 is 2.44 bits per heavy atom. The Morgan fingerprint density at radius 1 is 0.971 bits per heavy atom. The average molecular weight is 475 g/mol. The smallest absolute Gasteiger partial charge is 0.302 e. The summed E-state index contributed by atoms with van der Waals surface area (Å²) in [7, 11) is 0. The van der Waals surface area contributed by atoms with Crippen molar-refractivity contribution in [2.24, 2.45) is 52.3 Å². The van der Waals surface area contributed by atoms with E-state index < -0.39 is 5.79 Å². The molecule has 2 aliphatic heterocycles. The minimum atomic E-state index is -1.12. The third-order valence-electron chi connectivity index (χ3n) is 12.2. The number of hydrogen-bond acceptors (Lipinski definition) is 5. The third kappa shape index (κ3) is 3.24. The van der Waals surface area contributed by atoms with Gasteiger partial charge in [0.05, 0.1) is 6.10 Å². The predicted molar refractivity (Wildman–Crippen MR) is 129 cm³/mol. The summed E-state index contributed by atoms with van der Waals surface area (Å²) in [5, 5.41) is 11.7. The van der Waals surface area contributed by atoms with Crippen LogP contribution in [0.5, 0.6) is 0 Å². The number of fused-ring (bicyclic) bond motifs is 7. The largest absolute Gasteiger partial charge is 0.463 e. The first-order chi connectivity index (χ1) is 16.1. The first kappa shape index (κ1) is 23.7. The zero-order valence-corrected chi connectivity index (χ0v) is 21.9. The summed E-state index contributed by atoms with van der Waals surface area (Å²) in [4.78, 5) is 11.5. The lowest BCUT2D eigenvalue weighted by Gasteiger charge is -2.61. The van der Waals surface area contributed by atoms with Crippen LogP contribution in [0.25, 0.3) is 0 Å². The molecule has 4 saturated carbocycles. The first-order valence-corrected chi connectivity index (χ1v) is 14.2. The van der Waals surface area contributed by atoms with E-state index >= 15 is 0 Å². The summed E-state index contributed by atoms with van der Waals surface area (Å²) < 4.78 is 18.3. The number of rotatable bonds is 2. The van der Waals surface area contributed by atoms with E-state index in [0.717, 1.165) is 44.1 Å². The molecule has 0 bridgehead atoms. The second kappa shape index (κ2) is 7.92. The maximum absolute atomic E-state index is 11.7. The van der Waals surface area contributed by atoms with Crippen LogP contribution in [0.1, 0.15) is 92.4 Å². The van der Waals surface area contributed by atoms with Crippen LogP contribution in [0.4, 0.5) is 0 Å². The molecule has 5 heteroatoms. The third-order valence-corrected chi connectivity index (χ3v) is 12.2. The van der Waals surface area contributed by atoms with E-state index in [1.165, 1.54) is 32.1 Å². The molecule has 0 aromatic heterocycles. The highest BCUT2D eigenvalue weighted by Crippen LogP contribution is 2.71. The molecule has 0 aromatic rings. The normalized spacial score (nSPS) is 58.5. The standard InChI is InChI=1S/C29H46O5/c1-16-12-25(32-15-16)29(31)17(2)26-24(34-29)14-23-21-7-6-19-13-20(33-18(3)30)8-10-27(19,4)22(21)9-11-28(23,26)5/h16-17,19-26,31H,6-15H2,1-5H3/t16-,17-,19+,20-,21+,22-,23-,24-,25+,26-,27-,28-,29-/m0/s1. The van der Waals surface area contributed by atoms with Crippen LogP contribution in [0.15, 0.2) is 0 Å². The minimum Gasteiger partial charge on any atom is -0.463 e. The predicted octanol–water partition coefficient (Wildman–Crippen LogP) is 5.34. The Bertz CT molecular complexity index is 829. The Hall–Kier alpha value is -0.650. The van der Waals surface area contributed by atoms with Gasteiger partial charge in [-0.3, -0.25) is 4.79 Å². The van der Waals surface area contributed by atoms with Crippen molar-refractivity contribution in [3.8, 4) is 0 Å². The molecule has 13 atom stereocenters. The maximum Gasteiger partial charge on any atom is 0.302 e. The van der Waals surface area contributed by atoms with Gasteiger partial charge in [0.2, 0.25) is 0 Å². The molecule has 6 rings (SSSR count). The van der Waals surface area contributed by atoms with Crippen molar-refractivity contribution in [1.29, 1.82) is 0 Å². The summed E-state index contributed by atoms with van der Waals surface area (Å²) in [6.45, 7) is 11.8. The van der Waals surface area contributed by atoms with Crippen molar-refractivity contribution in [2.45, 2.75) is 117 Å². The van der Waals surface area contributed by atoms with Crippen molar-refractivity contribution < 1.29 is 24.1 Å². The Morgan fingerprint density at radius 2 is 1.74 bits per heavy atom. The molecule has 0 amide bonds. The van der Waals surface area contributed by atoms with Crippen LogP contribution >= 0.6 is 0 Å². The molecule has 192 valence electrons. The van der Waals surface area contributed by atoms with Crippen LogP contribution in [0.3, 0.4) is 0 Å². The number of carbonyl (C=O) groups is 1. The SMILES string of the molecule is CC(=O)O[C@H]1CC[C@@]2(C)[C@H](CC[C@@H]3[C@@H]2CC[C@]2(C)[C@@H]4[C@H](C[C@@H]32)O[C@](O)([C@H]2C[C@H](C)CO2)[C@H]4C)C1. The van der Waals surface area contributed by atoms with Gasteiger partial charge in [0.1, 0.15) is 12.2 Å². The quantitative estimate of drug-likeness (QED) is 0.548. The molecule has 2 saturated heterocycles. The van der Waals surface area contributed by atoms with Crippen LogP contribution in [-0.4, -0.2) is 41.8 Å². The van der Waals surface area contributed by atoms with Crippen LogP contribution in [-0.2, 0) is 19.0 Å². The molecular formula is C29H46O5. The lowest BCUT2D eigenvalue weighted by molar-refractivity contribution is -0.267. The van der Waals surface area contributed by atoms with Crippen molar-refractivity contribution in [3.63, 3.8) is 0 Å². The van der Waals surface area contributed by atoms with Crippen molar-refractivity contribution >= 4 is 5.97 Å². The van der Waals surface area contributed by atoms with Gasteiger partial charge in [0.15, 0.2) is 5.79 Å². The zero-order chi connectivity index (χ0) is 24.0. The van der Waals surface area contributed by atoms with Crippen molar-refractivity contribution in [3.05, 3.63) is 0 Å². The summed E-state index contributed by atoms with van der Waals surface area (Å²) in [5.41, 5.74) is 0.623. The van der Waals surface area contributed by atoms with Gasteiger partial charge in [-0.25, -0.2) is 0 Å². The van der Waals surface area contributed by atoms with Crippen molar-refractivity contribution in [1.82, 2.24) is 0 Å². The highest BCUT2D eigenvalue weighted by atomic mass is 16.7. The van der Waals surface area contributed by atoms with Gasteiger partial charge < -0.3 is 19.3 Å².